The van der Waals surface area contributed by atoms with Crippen LogP contribution in [0.5, 0.6) is 0 Å². The van der Waals surface area contributed by atoms with E-state index in [0.717, 1.165) is 81.2 Å². The summed E-state index contributed by atoms with van der Waals surface area (Å²) in [5, 5.41) is 11.8. The van der Waals surface area contributed by atoms with Gasteiger partial charge in [-0.1, -0.05) is 49.6 Å². The van der Waals surface area contributed by atoms with Gasteiger partial charge in [0, 0.05) is 37.4 Å². The second-order valence-electron chi connectivity index (χ2n) is 10.2. The zero-order valence-electron chi connectivity index (χ0n) is 19.9. The van der Waals surface area contributed by atoms with Gasteiger partial charge in [0.25, 0.3) is 0 Å². The number of carbonyl (C=O) groups excluding carboxylic acids is 1. The summed E-state index contributed by atoms with van der Waals surface area (Å²) < 4.78 is 6.98. The third-order valence-electron chi connectivity index (χ3n) is 7.61. The molecular weight excluding hydrogens is 414 g/mol. The van der Waals surface area contributed by atoms with Gasteiger partial charge in [0.15, 0.2) is 11.7 Å². The van der Waals surface area contributed by atoms with Crippen molar-refractivity contribution in [2.45, 2.75) is 69.5 Å². The monoisotopic (exact) mass is 452 g/mol. The lowest BCUT2D eigenvalue weighted by atomic mass is 9.73. The number of ether oxygens (including phenoxy) is 1. The molecule has 178 valence electrons. The summed E-state index contributed by atoms with van der Waals surface area (Å²) in [5.74, 6) is -0.545. The fourth-order valence-electron chi connectivity index (χ4n) is 5.75. The van der Waals surface area contributed by atoms with Crippen molar-refractivity contribution < 1.29 is 19.1 Å². The maximum absolute atomic E-state index is 13.5. The summed E-state index contributed by atoms with van der Waals surface area (Å²) in [6, 6.07) is 9.43. The van der Waals surface area contributed by atoms with Crippen LogP contribution in [0.25, 0.3) is 0 Å². The van der Waals surface area contributed by atoms with Crippen molar-refractivity contribution >= 4 is 5.97 Å². The van der Waals surface area contributed by atoms with Gasteiger partial charge in [0.1, 0.15) is 6.54 Å². The number of esters is 1. The van der Waals surface area contributed by atoms with Crippen molar-refractivity contribution in [3.63, 3.8) is 0 Å². The number of aromatic nitrogens is 2. The van der Waals surface area contributed by atoms with Gasteiger partial charge in [-0.25, -0.2) is 4.79 Å². The molecule has 0 spiro atoms. The molecule has 1 aliphatic carbocycles. The molecule has 2 aliphatic rings. The molecule has 3 atom stereocenters. The van der Waals surface area contributed by atoms with Crippen LogP contribution in [-0.4, -0.2) is 58.3 Å². The van der Waals surface area contributed by atoms with Crippen molar-refractivity contribution in [2.75, 3.05) is 26.7 Å². The highest BCUT2D eigenvalue weighted by Gasteiger charge is 2.48. The lowest BCUT2D eigenvalue weighted by Gasteiger charge is -2.42. The fraction of sp³-hybridized carbons (Fsp3) is 0.593. The van der Waals surface area contributed by atoms with Crippen LogP contribution in [0.1, 0.15) is 62.6 Å². The highest BCUT2D eigenvalue weighted by atomic mass is 16.6. The smallest absolute Gasteiger partial charge is 0.343 e. The van der Waals surface area contributed by atoms with Gasteiger partial charge >= 0.3 is 5.97 Å². The molecule has 0 amide bonds. The Hall–Kier alpha value is -2.31. The third kappa shape index (κ3) is 5.79. The van der Waals surface area contributed by atoms with E-state index in [9.17, 15) is 9.90 Å². The van der Waals surface area contributed by atoms with Gasteiger partial charge in [0.05, 0.1) is 25.8 Å². The van der Waals surface area contributed by atoms with E-state index < -0.39 is 11.6 Å². The summed E-state index contributed by atoms with van der Waals surface area (Å²) in [6.45, 7) is 2.89. The van der Waals surface area contributed by atoms with E-state index in [1.807, 2.05) is 36.5 Å². The van der Waals surface area contributed by atoms with Crippen LogP contribution in [-0.2, 0) is 21.6 Å². The molecule has 2 heterocycles. The Morgan fingerprint density at radius 1 is 1.12 bits per heavy atom. The number of piperidine rings is 1. The van der Waals surface area contributed by atoms with Gasteiger partial charge in [-0.2, -0.15) is 0 Å². The Morgan fingerprint density at radius 3 is 2.64 bits per heavy atom. The Balaban J connectivity index is 1.41. The van der Waals surface area contributed by atoms with Gasteiger partial charge < -0.3 is 14.3 Å². The molecule has 1 aliphatic heterocycles. The molecule has 33 heavy (non-hydrogen) atoms. The molecule has 2 unspecified atom stereocenters. The molecule has 6 heteroatoms. The summed E-state index contributed by atoms with van der Waals surface area (Å²) >= 11 is 0. The molecule has 1 N–H and O–H groups in total. The van der Waals surface area contributed by atoms with Crippen LogP contribution in [0.3, 0.4) is 0 Å². The van der Waals surface area contributed by atoms with Crippen molar-refractivity contribution in [1.29, 1.82) is 0 Å². The Bertz CT molecular complexity index is 888. The molecule has 2 aromatic rings. The maximum Gasteiger partial charge on any atom is 0.343 e. The van der Waals surface area contributed by atoms with Gasteiger partial charge in [-0.05, 0) is 31.2 Å². The molecule has 0 radical (unpaired) electrons. The topological polar surface area (TPSA) is 72.3 Å². The Kier molecular flexibility index (Phi) is 7.76. The largest absolute Gasteiger partial charge is 0.454 e. The third-order valence-corrected chi connectivity index (χ3v) is 7.61. The van der Waals surface area contributed by atoms with E-state index in [1.54, 1.807) is 12.4 Å². The van der Waals surface area contributed by atoms with Crippen LogP contribution >= 0.6 is 0 Å². The number of hydrogen-bond acceptors (Lipinski definition) is 5. The number of quaternary nitrogens is 1. The average Bonchev–Trinajstić information content (AvgIpc) is 2.85. The van der Waals surface area contributed by atoms with Gasteiger partial charge in [0.2, 0.25) is 0 Å². The second-order valence-corrected chi connectivity index (χ2v) is 10.2. The number of rotatable bonds is 8. The number of aryl methyl sites for hydroxylation is 1. The minimum Gasteiger partial charge on any atom is -0.454 e. The van der Waals surface area contributed by atoms with E-state index in [1.165, 1.54) is 6.42 Å². The molecule has 4 rings (SSSR count). The van der Waals surface area contributed by atoms with Crippen molar-refractivity contribution in [3.05, 3.63) is 60.2 Å². The quantitative estimate of drug-likeness (QED) is 0.484. The van der Waals surface area contributed by atoms with E-state index in [-0.39, 0.29) is 12.0 Å². The molecule has 1 saturated heterocycles. The maximum atomic E-state index is 13.5. The number of hydrogen-bond donors (Lipinski definition) is 1. The molecule has 6 nitrogen and oxygen atoms in total. The fourth-order valence-corrected chi connectivity index (χ4v) is 5.75. The zero-order chi connectivity index (χ0) is 23.2. The SMILES string of the molecule is C[N+]1(CCCc2cnccn2)CCCC(OC(=O)[C@](O)(c2ccccc2)C2CCCCC2)C1. The predicted octanol–water partition coefficient (Wildman–Crippen LogP) is 4.03. The Morgan fingerprint density at radius 2 is 1.91 bits per heavy atom. The molecule has 1 aromatic heterocycles. The summed E-state index contributed by atoms with van der Waals surface area (Å²) in [6.07, 6.45) is 13.9. The highest BCUT2D eigenvalue weighted by molar-refractivity contribution is 5.81. The van der Waals surface area contributed by atoms with Gasteiger partial charge in [-0.15, -0.1) is 0 Å². The molecule has 1 saturated carbocycles. The standard InChI is InChI=1S/C27H38N3O3/c1-30(18-8-14-24-20-28-16-17-29-24)19-9-15-25(21-30)33-26(31)27(32,22-10-4-2-5-11-22)23-12-6-3-7-13-23/h2,4-5,10-11,16-17,20,23,25,32H,3,6-9,12-15,18-19,21H2,1H3/q+1/t25?,27-,30?/m0/s1. The summed E-state index contributed by atoms with van der Waals surface area (Å²) in [5.41, 5.74) is 0.123. The van der Waals surface area contributed by atoms with Crippen LogP contribution in [0.2, 0.25) is 0 Å². The van der Waals surface area contributed by atoms with Gasteiger partial charge in [-0.3, -0.25) is 9.97 Å². The Labute approximate surface area is 197 Å². The zero-order valence-corrected chi connectivity index (χ0v) is 19.9. The van der Waals surface area contributed by atoms with E-state index >= 15 is 0 Å². The number of carbonyl (C=O) groups is 1. The first-order chi connectivity index (χ1) is 16.0. The number of aliphatic hydroxyl groups is 1. The van der Waals surface area contributed by atoms with Crippen LogP contribution in [0.15, 0.2) is 48.9 Å². The number of nitrogens with zero attached hydrogens (tertiary/aromatic N) is 3. The summed E-state index contributed by atoms with van der Waals surface area (Å²) in [4.78, 5) is 22.1. The number of likely N-dealkylation sites (N-methyl/N-ethyl adjacent to an activating group) is 1. The first-order valence-corrected chi connectivity index (χ1v) is 12.6. The van der Waals surface area contributed by atoms with E-state index in [4.69, 9.17) is 4.74 Å². The molecule has 2 fully saturated rings. The lowest BCUT2D eigenvalue weighted by Crippen LogP contribution is -2.55. The number of benzene rings is 1. The van der Waals surface area contributed by atoms with Crippen molar-refractivity contribution in [1.82, 2.24) is 9.97 Å². The van der Waals surface area contributed by atoms with Crippen LogP contribution in [0.4, 0.5) is 0 Å². The molecule has 1 aromatic carbocycles. The van der Waals surface area contributed by atoms with Crippen LogP contribution < -0.4 is 0 Å². The highest BCUT2D eigenvalue weighted by Crippen LogP contribution is 2.41. The average molecular weight is 453 g/mol. The molecular formula is C27H38N3O3+. The van der Waals surface area contributed by atoms with E-state index in [0.29, 0.717) is 5.56 Å². The normalized spacial score (nSPS) is 25.8. The predicted molar refractivity (Wildman–Crippen MR) is 127 cm³/mol. The van der Waals surface area contributed by atoms with E-state index in [2.05, 4.69) is 17.0 Å². The lowest BCUT2D eigenvalue weighted by molar-refractivity contribution is -0.917. The van der Waals surface area contributed by atoms with Crippen molar-refractivity contribution in [3.8, 4) is 0 Å². The van der Waals surface area contributed by atoms with Crippen molar-refractivity contribution in [2.24, 2.45) is 5.92 Å². The molecule has 0 bridgehead atoms. The first-order valence-electron chi connectivity index (χ1n) is 12.6. The first kappa shape index (κ1) is 23.8. The second kappa shape index (κ2) is 10.7. The summed E-state index contributed by atoms with van der Waals surface area (Å²) in [7, 11) is 2.25. The minimum absolute atomic E-state index is 0.0856. The van der Waals surface area contributed by atoms with Crippen LogP contribution in [0, 0.1) is 5.92 Å². The minimum atomic E-state index is -1.56. The number of likely N-dealkylation sites (tertiary alicyclic amines) is 1.